The second-order valence-electron chi connectivity index (χ2n) is 4.43. The number of pyridine rings is 1. The number of hydrogen-bond donors (Lipinski definition) is 2. The Bertz CT molecular complexity index is 505. The number of carbonyl (C=O) groups is 2. The fourth-order valence-electron chi connectivity index (χ4n) is 2.07. The summed E-state index contributed by atoms with van der Waals surface area (Å²) in [4.78, 5) is 26.7. The first kappa shape index (κ1) is 14.3. The van der Waals surface area contributed by atoms with Gasteiger partial charge in [0.1, 0.15) is 5.56 Å². The van der Waals surface area contributed by atoms with Crippen LogP contribution in [0.25, 0.3) is 0 Å². The van der Waals surface area contributed by atoms with Crippen LogP contribution in [0.2, 0.25) is 0 Å². The molecular formula is C13H16N2O5. The molecule has 1 fully saturated rings. The topological polar surface area (TPSA) is 97.8 Å². The van der Waals surface area contributed by atoms with Crippen molar-refractivity contribution in [2.75, 3.05) is 13.7 Å². The van der Waals surface area contributed by atoms with Gasteiger partial charge in [-0.25, -0.2) is 9.78 Å². The van der Waals surface area contributed by atoms with Crippen molar-refractivity contribution in [2.45, 2.75) is 25.0 Å². The van der Waals surface area contributed by atoms with Crippen molar-refractivity contribution in [1.82, 2.24) is 10.3 Å². The number of nitrogens with one attached hydrogen (secondary N) is 1. The van der Waals surface area contributed by atoms with Gasteiger partial charge in [0, 0.05) is 12.7 Å². The Morgan fingerprint density at radius 3 is 3.00 bits per heavy atom. The molecule has 2 N–H and O–H groups in total. The third-order valence-corrected chi connectivity index (χ3v) is 3.08. The van der Waals surface area contributed by atoms with E-state index in [-0.39, 0.29) is 24.4 Å². The number of methoxy groups -OCH3 is 1. The van der Waals surface area contributed by atoms with E-state index in [9.17, 15) is 9.59 Å². The standard InChI is InChI=1S/C13H16N2O5/c1-19-12-9(3-2-6-14-12)11(16)15-7-8-4-5-10(20-8)13(17)18/h2-3,6,8,10H,4-5,7H2,1H3,(H,15,16)(H,17,18). The lowest BCUT2D eigenvalue weighted by molar-refractivity contribution is -0.149. The molecule has 0 saturated carbocycles. The number of hydrogen-bond acceptors (Lipinski definition) is 5. The van der Waals surface area contributed by atoms with Gasteiger partial charge in [-0.05, 0) is 25.0 Å². The van der Waals surface area contributed by atoms with Crippen molar-refractivity contribution in [2.24, 2.45) is 0 Å². The van der Waals surface area contributed by atoms with Gasteiger partial charge in [-0.15, -0.1) is 0 Å². The molecule has 0 spiro atoms. The molecule has 2 atom stereocenters. The predicted molar refractivity (Wildman–Crippen MR) is 68.7 cm³/mol. The first-order valence-corrected chi connectivity index (χ1v) is 6.27. The van der Waals surface area contributed by atoms with Gasteiger partial charge in [-0.2, -0.15) is 0 Å². The third-order valence-electron chi connectivity index (χ3n) is 3.08. The average molecular weight is 280 g/mol. The van der Waals surface area contributed by atoms with E-state index >= 15 is 0 Å². The van der Waals surface area contributed by atoms with Crippen molar-refractivity contribution in [3.05, 3.63) is 23.9 Å². The summed E-state index contributed by atoms with van der Waals surface area (Å²) in [5.74, 6) is -1.04. The molecule has 1 aliphatic rings. The highest BCUT2D eigenvalue weighted by molar-refractivity contribution is 5.96. The Labute approximate surface area is 115 Å². The minimum absolute atomic E-state index is 0.251. The normalized spacial score (nSPS) is 21.4. The summed E-state index contributed by atoms with van der Waals surface area (Å²) in [6.07, 6.45) is 1.56. The zero-order chi connectivity index (χ0) is 14.5. The molecular weight excluding hydrogens is 264 g/mol. The first-order valence-electron chi connectivity index (χ1n) is 6.27. The van der Waals surface area contributed by atoms with E-state index in [1.54, 1.807) is 12.1 Å². The van der Waals surface area contributed by atoms with Crippen LogP contribution in [-0.2, 0) is 9.53 Å². The molecule has 0 radical (unpaired) electrons. The predicted octanol–water partition coefficient (Wildman–Crippen LogP) is 0.452. The van der Waals surface area contributed by atoms with Crippen LogP contribution in [0.5, 0.6) is 5.88 Å². The third kappa shape index (κ3) is 3.24. The Hall–Kier alpha value is -2.15. The fraction of sp³-hybridized carbons (Fsp3) is 0.462. The quantitative estimate of drug-likeness (QED) is 0.812. The molecule has 7 heteroatoms. The van der Waals surface area contributed by atoms with E-state index in [0.717, 1.165) is 0 Å². The molecule has 1 amide bonds. The summed E-state index contributed by atoms with van der Waals surface area (Å²) in [7, 11) is 1.44. The largest absolute Gasteiger partial charge is 0.480 e. The van der Waals surface area contributed by atoms with E-state index in [2.05, 4.69) is 10.3 Å². The summed E-state index contributed by atoms with van der Waals surface area (Å²) in [6.45, 7) is 0.265. The monoisotopic (exact) mass is 280 g/mol. The molecule has 1 aromatic rings. The molecule has 7 nitrogen and oxygen atoms in total. The Morgan fingerprint density at radius 2 is 2.35 bits per heavy atom. The molecule has 2 rings (SSSR count). The first-order chi connectivity index (χ1) is 9.61. The van der Waals surface area contributed by atoms with Crippen molar-refractivity contribution >= 4 is 11.9 Å². The highest BCUT2D eigenvalue weighted by Gasteiger charge is 2.30. The number of rotatable bonds is 5. The molecule has 1 aromatic heterocycles. The average Bonchev–Trinajstić information content (AvgIpc) is 2.94. The van der Waals surface area contributed by atoms with Crippen molar-refractivity contribution in [3.8, 4) is 5.88 Å². The molecule has 20 heavy (non-hydrogen) atoms. The number of carboxylic acid groups (broad SMARTS) is 1. The number of amides is 1. The Morgan fingerprint density at radius 1 is 1.55 bits per heavy atom. The highest BCUT2D eigenvalue weighted by atomic mass is 16.5. The molecule has 108 valence electrons. The van der Waals surface area contributed by atoms with Gasteiger partial charge < -0.3 is 19.9 Å². The van der Waals surface area contributed by atoms with Gasteiger partial charge >= 0.3 is 5.97 Å². The van der Waals surface area contributed by atoms with E-state index in [1.165, 1.54) is 13.3 Å². The summed E-state index contributed by atoms with van der Waals surface area (Å²) >= 11 is 0. The number of carbonyl (C=O) groups excluding carboxylic acids is 1. The molecule has 0 bridgehead atoms. The minimum Gasteiger partial charge on any atom is -0.480 e. The SMILES string of the molecule is COc1ncccc1C(=O)NCC1CCC(C(=O)O)O1. The van der Waals surface area contributed by atoms with Gasteiger partial charge in [0.2, 0.25) is 5.88 Å². The van der Waals surface area contributed by atoms with Crippen molar-refractivity contribution in [3.63, 3.8) is 0 Å². The summed E-state index contributed by atoms with van der Waals surface area (Å²) in [5, 5.41) is 11.5. The summed E-state index contributed by atoms with van der Waals surface area (Å²) in [6, 6.07) is 3.25. The lowest BCUT2D eigenvalue weighted by Crippen LogP contribution is -2.33. The van der Waals surface area contributed by atoms with Crippen LogP contribution >= 0.6 is 0 Å². The molecule has 2 unspecified atom stereocenters. The molecule has 0 aliphatic carbocycles. The van der Waals surface area contributed by atoms with Gasteiger partial charge in [-0.1, -0.05) is 0 Å². The Balaban J connectivity index is 1.88. The number of ether oxygens (including phenoxy) is 2. The maximum absolute atomic E-state index is 12.0. The van der Waals surface area contributed by atoms with E-state index in [4.69, 9.17) is 14.6 Å². The van der Waals surface area contributed by atoms with Crippen LogP contribution < -0.4 is 10.1 Å². The van der Waals surface area contributed by atoms with Gasteiger partial charge in [-0.3, -0.25) is 4.79 Å². The lowest BCUT2D eigenvalue weighted by Gasteiger charge is -2.13. The Kier molecular flexibility index (Phi) is 4.52. The number of nitrogens with zero attached hydrogens (tertiary/aromatic N) is 1. The van der Waals surface area contributed by atoms with Gasteiger partial charge in [0.25, 0.3) is 5.91 Å². The molecule has 2 heterocycles. The van der Waals surface area contributed by atoms with E-state index in [0.29, 0.717) is 18.4 Å². The number of aliphatic carboxylic acids is 1. The second kappa shape index (κ2) is 6.33. The van der Waals surface area contributed by atoms with Crippen LogP contribution in [-0.4, -0.2) is 47.8 Å². The zero-order valence-electron chi connectivity index (χ0n) is 11.0. The fourth-order valence-corrected chi connectivity index (χ4v) is 2.07. The highest BCUT2D eigenvalue weighted by Crippen LogP contribution is 2.19. The summed E-state index contributed by atoms with van der Waals surface area (Å²) < 4.78 is 10.3. The lowest BCUT2D eigenvalue weighted by atomic mass is 10.2. The van der Waals surface area contributed by atoms with Crippen molar-refractivity contribution < 1.29 is 24.2 Å². The van der Waals surface area contributed by atoms with Crippen LogP contribution in [0.15, 0.2) is 18.3 Å². The van der Waals surface area contributed by atoms with Gasteiger partial charge in [0.05, 0.1) is 13.2 Å². The van der Waals surface area contributed by atoms with E-state index in [1.807, 2.05) is 0 Å². The second-order valence-corrected chi connectivity index (χ2v) is 4.43. The molecule has 0 aromatic carbocycles. The van der Waals surface area contributed by atoms with Gasteiger partial charge in [0.15, 0.2) is 6.10 Å². The van der Waals surface area contributed by atoms with Crippen molar-refractivity contribution in [1.29, 1.82) is 0 Å². The maximum Gasteiger partial charge on any atom is 0.332 e. The number of carboxylic acids is 1. The zero-order valence-corrected chi connectivity index (χ0v) is 11.0. The minimum atomic E-state index is -0.965. The van der Waals surface area contributed by atoms with E-state index < -0.39 is 12.1 Å². The maximum atomic E-state index is 12.0. The van der Waals surface area contributed by atoms with Crippen LogP contribution in [0.3, 0.4) is 0 Å². The number of aromatic nitrogens is 1. The van der Waals surface area contributed by atoms with Crippen LogP contribution in [0.1, 0.15) is 23.2 Å². The smallest absolute Gasteiger partial charge is 0.332 e. The summed E-state index contributed by atoms with van der Waals surface area (Å²) in [5.41, 5.74) is 0.336. The van der Waals surface area contributed by atoms with Crippen LogP contribution in [0.4, 0.5) is 0 Å². The van der Waals surface area contributed by atoms with Crippen LogP contribution in [0, 0.1) is 0 Å². The molecule has 1 aliphatic heterocycles. The molecule has 1 saturated heterocycles.